The maximum Gasteiger partial charge on any atom is 0.234 e. The Morgan fingerprint density at radius 3 is 2.70 bits per heavy atom. The zero-order valence-electron chi connectivity index (χ0n) is 15.6. The second-order valence-electron chi connectivity index (χ2n) is 6.69. The van der Waals surface area contributed by atoms with Crippen molar-refractivity contribution in [2.45, 2.75) is 13.0 Å². The average molecular weight is 392 g/mol. The maximum absolute atomic E-state index is 13.5. The lowest BCUT2D eigenvalue weighted by Gasteiger charge is -2.34. The van der Waals surface area contributed by atoms with Gasteiger partial charge in [0, 0.05) is 49.7 Å². The molecule has 1 N–H and O–H groups in total. The van der Waals surface area contributed by atoms with Crippen molar-refractivity contribution in [3.63, 3.8) is 0 Å². The molecule has 1 aliphatic rings. The minimum Gasteiger partial charge on any atom is -0.496 e. The van der Waals surface area contributed by atoms with E-state index >= 15 is 0 Å². The Hall–Kier alpha value is -1.96. The number of hydrogen-bond donors (Lipinski definition) is 1. The number of benzene rings is 1. The van der Waals surface area contributed by atoms with Gasteiger partial charge in [0.25, 0.3) is 0 Å². The number of methoxy groups -OCH3 is 1. The molecule has 0 spiro atoms. The summed E-state index contributed by atoms with van der Waals surface area (Å²) < 4.78 is 18.8. The Bertz CT molecular complexity index is 731. The molecule has 0 radical (unpaired) electrons. The van der Waals surface area contributed by atoms with Gasteiger partial charge in [-0.3, -0.25) is 14.6 Å². The number of ether oxygens (including phenoxy) is 1. The fourth-order valence-corrected chi connectivity index (χ4v) is 3.97. The van der Waals surface area contributed by atoms with Crippen molar-refractivity contribution in [2.75, 3.05) is 46.4 Å². The molecule has 1 fully saturated rings. The quantitative estimate of drug-likeness (QED) is 0.751. The smallest absolute Gasteiger partial charge is 0.234 e. The molecule has 0 unspecified atom stereocenters. The summed E-state index contributed by atoms with van der Waals surface area (Å²) >= 11 is 1.71. The van der Waals surface area contributed by atoms with Crippen LogP contribution in [-0.4, -0.2) is 62.1 Å². The van der Waals surface area contributed by atoms with Crippen molar-refractivity contribution in [1.82, 2.24) is 15.1 Å². The molecule has 2 heterocycles. The van der Waals surface area contributed by atoms with Crippen LogP contribution in [0.5, 0.6) is 5.75 Å². The van der Waals surface area contributed by atoms with Crippen LogP contribution in [-0.2, 0) is 17.8 Å². The summed E-state index contributed by atoms with van der Waals surface area (Å²) in [5.41, 5.74) is 0.859. The number of thiophene rings is 1. The molecule has 1 aromatic heterocycles. The fourth-order valence-electron chi connectivity index (χ4n) is 3.26. The predicted molar refractivity (Wildman–Crippen MR) is 106 cm³/mol. The van der Waals surface area contributed by atoms with Gasteiger partial charge in [0.15, 0.2) is 0 Å². The van der Waals surface area contributed by atoms with Gasteiger partial charge >= 0.3 is 0 Å². The van der Waals surface area contributed by atoms with Crippen molar-refractivity contribution in [1.29, 1.82) is 0 Å². The van der Waals surface area contributed by atoms with Gasteiger partial charge in [-0.05, 0) is 36.1 Å². The van der Waals surface area contributed by atoms with Crippen molar-refractivity contribution in [3.05, 3.63) is 52.0 Å². The Morgan fingerprint density at radius 2 is 2.00 bits per heavy atom. The van der Waals surface area contributed by atoms with Gasteiger partial charge < -0.3 is 10.1 Å². The topological polar surface area (TPSA) is 44.8 Å². The summed E-state index contributed by atoms with van der Waals surface area (Å²) in [5, 5.41) is 5.05. The Labute approximate surface area is 163 Å². The second kappa shape index (κ2) is 9.82. The number of carbonyl (C=O) groups excluding carboxylic acids is 1. The molecule has 2 aromatic rings. The van der Waals surface area contributed by atoms with E-state index < -0.39 is 0 Å². The van der Waals surface area contributed by atoms with Crippen molar-refractivity contribution < 1.29 is 13.9 Å². The van der Waals surface area contributed by atoms with Crippen molar-refractivity contribution in [3.8, 4) is 5.75 Å². The van der Waals surface area contributed by atoms with Crippen LogP contribution in [0.2, 0.25) is 0 Å². The lowest BCUT2D eigenvalue weighted by Crippen LogP contribution is -2.49. The highest BCUT2D eigenvalue weighted by molar-refractivity contribution is 7.09. The van der Waals surface area contributed by atoms with Crippen LogP contribution in [0.3, 0.4) is 0 Å². The highest BCUT2D eigenvalue weighted by Crippen LogP contribution is 2.21. The number of rotatable bonds is 8. The summed E-state index contributed by atoms with van der Waals surface area (Å²) in [6.45, 7) is 5.12. The summed E-state index contributed by atoms with van der Waals surface area (Å²) in [6, 6.07) is 8.73. The molecule has 0 bridgehead atoms. The molecule has 7 heteroatoms. The highest BCUT2D eigenvalue weighted by atomic mass is 32.1. The fraction of sp³-hybridized carbons (Fsp3) is 0.450. The molecule has 1 saturated heterocycles. The third-order valence-electron chi connectivity index (χ3n) is 4.74. The number of hydrogen-bond acceptors (Lipinski definition) is 5. The Morgan fingerprint density at radius 1 is 1.22 bits per heavy atom. The summed E-state index contributed by atoms with van der Waals surface area (Å²) in [6.07, 6.45) is 0.882. The van der Waals surface area contributed by atoms with Gasteiger partial charge in [0.1, 0.15) is 11.6 Å². The lowest BCUT2D eigenvalue weighted by molar-refractivity contribution is -0.122. The summed E-state index contributed by atoms with van der Waals surface area (Å²) in [7, 11) is 1.60. The first-order chi connectivity index (χ1) is 13.1. The van der Waals surface area contributed by atoms with Gasteiger partial charge in [-0.25, -0.2) is 4.39 Å². The maximum atomic E-state index is 13.5. The van der Waals surface area contributed by atoms with E-state index in [4.69, 9.17) is 4.74 Å². The standard InChI is InChI=1S/C20H26FN3O2S/c1-26-19-5-4-17(21)13-16(19)14-23-8-10-24(11-9-23)15-20(25)22-7-6-18-3-2-12-27-18/h2-5,12-13H,6-11,14-15H2,1H3,(H,22,25). The Balaban J connectivity index is 1.38. The van der Waals surface area contributed by atoms with Crippen LogP contribution in [0.1, 0.15) is 10.4 Å². The minimum atomic E-state index is -0.247. The molecule has 5 nitrogen and oxygen atoms in total. The largest absolute Gasteiger partial charge is 0.496 e. The highest BCUT2D eigenvalue weighted by Gasteiger charge is 2.20. The molecule has 0 saturated carbocycles. The van der Waals surface area contributed by atoms with Crippen LogP contribution < -0.4 is 10.1 Å². The van der Waals surface area contributed by atoms with Gasteiger partial charge in [-0.1, -0.05) is 6.07 Å². The second-order valence-corrected chi connectivity index (χ2v) is 7.72. The van der Waals surface area contributed by atoms with E-state index in [9.17, 15) is 9.18 Å². The normalized spacial score (nSPS) is 15.6. The molecule has 1 aromatic carbocycles. The number of nitrogens with one attached hydrogen (secondary N) is 1. The SMILES string of the molecule is COc1ccc(F)cc1CN1CCN(CC(=O)NCCc2cccs2)CC1. The number of piperazine rings is 1. The minimum absolute atomic E-state index is 0.0757. The summed E-state index contributed by atoms with van der Waals surface area (Å²) in [5.74, 6) is 0.541. The lowest BCUT2D eigenvalue weighted by atomic mass is 10.1. The van der Waals surface area contributed by atoms with Gasteiger partial charge in [-0.2, -0.15) is 0 Å². The van der Waals surface area contributed by atoms with Crippen molar-refractivity contribution >= 4 is 17.2 Å². The van der Waals surface area contributed by atoms with Crippen LogP contribution >= 0.6 is 11.3 Å². The molecule has 3 rings (SSSR count). The van der Waals surface area contributed by atoms with E-state index in [2.05, 4.69) is 26.6 Å². The van der Waals surface area contributed by atoms with Crippen LogP contribution in [0.4, 0.5) is 4.39 Å². The molecule has 27 heavy (non-hydrogen) atoms. The van der Waals surface area contributed by atoms with E-state index in [0.29, 0.717) is 25.4 Å². The molecular weight excluding hydrogens is 365 g/mol. The predicted octanol–water partition coefficient (Wildman–Crippen LogP) is 2.37. The molecule has 1 aliphatic heterocycles. The molecule has 146 valence electrons. The number of carbonyl (C=O) groups is 1. The summed E-state index contributed by atoms with van der Waals surface area (Å²) in [4.78, 5) is 17.8. The van der Waals surface area contributed by atoms with Crippen LogP contribution in [0.25, 0.3) is 0 Å². The molecule has 0 atom stereocenters. The van der Waals surface area contributed by atoms with Crippen LogP contribution in [0.15, 0.2) is 35.7 Å². The van der Waals surface area contributed by atoms with E-state index in [1.807, 2.05) is 6.07 Å². The zero-order valence-corrected chi connectivity index (χ0v) is 16.4. The van der Waals surface area contributed by atoms with E-state index in [1.54, 1.807) is 24.5 Å². The first-order valence-electron chi connectivity index (χ1n) is 9.20. The van der Waals surface area contributed by atoms with E-state index in [-0.39, 0.29) is 11.7 Å². The third-order valence-corrected chi connectivity index (χ3v) is 5.68. The van der Waals surface area contributed by atoms with Crippen LogP contribution in [0, 0.1) is 5.82 Å². The number of halogens is 1. The van der Waals surface area contributed by atoms with Crippen molar-refractivity contribution in [2.24, 2.45) is 0 Å². The third kappa shape index (κ3) is 6.02. The van der Waals surface area contributed by atoms with Gasteiger partial charge in [0.05, 0.1) is 13.7 Å². The van der Waals surface area contributed by atoms with Gasteiger partial charge in [0.2, 0.25) is 5.91 Å². The first kappa shape index (κ1) is 19.8. The molecular formula is C20H26FN3O2S. The van der Waals surface area contributed by atoms with E-state index in [1.165, 1.54) is 17.0 Å². The number of amides is 1. The molecule has 0 aliphatic carbocycles. The van der Waals surface area contributed by atoms with E-state index in [0.717, 1.165) is 38.2 Å². The number of nitrogens with zero attached hydrogens (tertiary/aromatic N) is 2. The monoisotopic (exact) mass is 391 g/mol. The molecule has 1 amide bonds. The zero-order chi connectivity index (χ0) is 19.1. The Kier molecular flexibility index (Phi) is 7.20. The first-order valence-corrected chi connectivity index (χ1v) is 10.1. The van der Waals surface area contributed by atoms with Gasteiger partial charge in [-0.15, -0.1) is 11.3 Å². The average Bonchev–Trinajstić information content (AvgIpc) is 3.17.